The summed E-state index contributed by atoms with van der Waals surface area (Å²) in [5, 5.41) is 8.27. The van der Waals surface area contributed by atoms with Gasteiger partial charge in [-0.1, -0.05) is 29.5 Å². The molecule has 7 heteroatoms. The number of carbonyl (C=O) groups is 1. The highest BCUT2D eigenvalue weighted by Gasteiger charge is 2.12. The molecule has 1 aromatic heterocycles. The molecule has 6 nitrogen and oxygen atoms in total. The molecule has 0 bridgehead atoms. The van der Waals surface area contributed by atoms with Gasteiger partial charge in [0.05, 0.1) is 7.11 Å². The zero-order valence-electron chi connectivity index (χ0n) is 13.8. The average Bonchev–Trinajstić information content (AvgIpc) is 3.10. The number of aromatic nitrogens is 2. The lowest BCUT2D eigenvalue weighted by molar-refractivity contribution is -0.131. The van der Waals surface area contributed by atoms with Gasteiger partial charge in [0.25, 0.3) is 5.22 Å². The number of hydrogen-bond acceptors (Lipinski definition) is 7. The largest absolute Gasteiger partial charge is 0.497 e. The van der Waals surface area contributed by atoms with Crippen LogP contribution in [0.5, 0.6) is 11.5 Å². The molecular weight excluding hydrogens is 340 g/mol. The highest BCUT2D eigenvalue weighted by molar-refractivity contribution is 7.99. The molecule has 25 heavy (non-hydrogen) atoms. The Balaban J connectivity index is 1.55. The van der Waals surface area contributed by atoms with Crippen LogP contribution in [0.25, 0.3) is 11.5 Å². The van der Waals surface area contributed by atoms with Crippen LogP contribution in [0.4, 0.5) is 0 Å². The van der Waals surface area contributed by atoms with E-state index in [2.05, 4.69) is 10.2 Å². The van der Waals surface area contributed by atoms with Gasteiger partial charge in [0.2, 0.25) is 5.89 Å². The van der Waals surface area contributed by atoms with E-state index in [0.29, 0.717) is 22.6 Å². The Morgan fingerprint density at radius 2 is 1.88 bits per heavy atom. The SMILES string of the molecule is COc1ccc(OC(=O)CSc2nnc(-c3cccc(C)c3)o2)cc1. The van der Waals surface area contributed by atoms with Gasteiger partial charge in [0.15, 0.2) is 0 Å². The number of thioether (sulfide) groups is 1. The third-order valence-corrected chi connectivity index (χ3v) is 4.07. The normalized spacial score (nSPS) is 10.5. The average molecular weight is 356 g/mol. The second-order valence-corrected chi connectivity index (χ2v) is 6.11. The second kappa shape index (κ2) is 7.85. The first-order valence-electron chi connectivity index (χ1n) is 7.52. The summed E-state index contributed by atoms with van der Waals surface area (Å²) in [4.78, 5) is 11.9. The molecular formula is C18H16N2O4S. The molecule has 0 saturated heterocycles. The Morgan fingerprint density at radius 3 is 2.60 bits per heavy atom. The van der Waals surface area contributed by atoms with Crippen LogP contribution in [-0.2, 0) is 4.79 Å². The molecule has 0 spiro atoms. The van der Waals surface area contributed by atoms with E-state index in [1.807, 2.05) is 31.2 Å². The summed E-state index contributed by atoms with van der Waals surface area (Å²) < 4.78 is 15.9. The fourth-order valence-electron chi connectivity index (χ4n) is 2.09. The van der Waals surface area contributed by atoms with Crippen LogP contribution in [0, 0.1) is 6.92 Å². The molecule has 0 unspecified atom stereocenters. The van der Waals surface area contributed by atoms with Gasteiger partial charge in [-0.3, -0.25) is 4.79 Å². The monoisotopic (exact) mass is 356 g/mol. The maximum absolute atomic E-state index is 11.9. The maximum atomic E-state index is 11.9. The highest BCUT2D eigenvalue weighted by Crippen LogP contribution is 2.24. The number of ether oxygens (including phenoxy) is 2. The van der Waals surface area contributed by atoms with Gasteiger partial charge in [-0.2, -0.15) is 0 Å². The summed E-state index contributed by atoms with van der Waals surface area (Å²) in [5.41, 5.74) is 1.95. The molecule has 0 fully saturated rings. The predicted molar refractivity (Wildman–Crippen MR) is 93.8 cm³/mol. The number of nitrogens with zero attached hydrogens (tertiary/aromatic N) is 2. The van der Waals surface area contributed by atoms with Crippen molar-refractivity contribution in [2.24, 2.45) is 0 Å². The summed E-state index contributed by atoms with van der Waals surface area (Å²) >= 11 is 1.14. The fourth-order valence-corrected chi connectivity index (χ4v) is 2.62. The Kier molecular flexibility index (Phi) is 5.35. The van der Waals surface area contributed by atoms with Crippen LogP contribution in [0.1, 0.15) is 5.56 Å². The molecule has 0 amide bonds. The van der Waals surface area contributed by atoms with Gasteiger partial charge < -0.3 is 13.9 Å². The van der Waals surface area contributed by atoms with E-state index in [-0.39, 0.29) is 5.75 Å². The van der Waals surface area contributed by atoms with Crippen molar-refractivity contribution in [1.29, 1.82) is 0 Å². The third-order valence-electron chi connectivity index (χ3n) is 3.28. The number of hydrogen-bond donors (Lipinski definition) is 0. The molecule has 0 radical (unpaired) electrons. The first kappa shape index (κ1) is 17.0. The summed E-state index contributed by atoms with van der Waals surface area (Å²) in [7, 11) is 1.58. The van der Waals surface area contributed by atoms with Gasteiger partial charge >= 0.3 is 5.97 Å². The summed E-state index contributed by atoms with van der Waals surface area (Å²) in [6, 6.07) is 14.6. The Labute approximate surface area is 149 Å². The smallest absolute Gasteiger partial charge is 0.321 e. The molecule has 0 aliphatic heterocycles. The molecule has 0 atom stereocenters. The highest BCUT2D eigenvalue weighted by atomic mass is 32.2. The van der Waals surface area contributed by atoms with E-state index in [1.54, 1.807) is 31.4 Å². The van der Waals surface area contributed by atoms with Gasteiger partial charge in [0.1, 0.15) is 17.3 Å². The van der Waals surface area contributed by atoms with E-state index in [9.17, 15) is 4.79 Å². The molecule has 0 aliphatic rings. The lowest BCUT2D eigenvalue weighted by atomic mass is 10.1. The molecule has 3 rings (SSSR count). The van der Waals surface area contributed by atoms with E-state index < -0.39 is 5.97 Å². The van der Waals surface area contributed by atoms with Crippen LogP contribution in [0.2, 0.25) is 0 Å². The zero-order valence-corrected chi connectivity index (χ0v) is 14.6. The number of benzene rings is 2. The molecule has 128 valence electrons. The fraction of sp³-hybridized carbons (Fsp3) is 0.167. The lowest BCUT2D eigenvalue weighted by Crippen LogP contribution is -2.10. The number of aryl methyl sites for hydroxylation is 1. The molecule has 1 heterocycles. The number of carbonyl (C=O) groups excluding carboxylic acids is 1. The van der Waals surface area contributed by atoms with Crippen molar-refractivity contribution in [3.63, 3.8) is 0 Å². The third kappa shape index (κ3) is 4.60. The van der Waals surface area contributed by atoms with Crippen LogP contribution in [0.15, 0.2) is 58.2 Å². The molecule has 0 aliphatic carbocycles. The van der Waals surface area contributed by atoms with Gasteiger partial charge in [-0.05, 0) is 43.3 Å². The molecule has 2 aromatic carbocycles. The van der Waals surface area contributed by atoms with Crippen molar-refractivity contribution >= 4 is 17.7 Å². The first-order chi connectivity index (χ1) is 12.1. The number of rotatable bonds is 6. The Hall–Kier alpha value is -2.80. The Morgan fingerprint density at radius 1 is 1.12 bits per heavy atom. The summed E-state index contributed by atoms with van der Waals surface area (Å²) in [6.45, 7) is 1.99. The molecule has 0 N–H and O–H groups in total. The van der Waals surface area contributed by atoms with Gasteiger partial charge in [-0.25, -0.2) is 0 Å². The van der Waals surface area contributed by atoms with E-state index in [0.717, 1.165) is 22.9 Å². The van der Waals surface area contributed by atoms with E-state index in [1.165, 1.54) is 0 Å². The predicted octanol–water partition coefficient (Wildman–Crippen LogP) is 3.75. The van der Waals surface area contributed by atoms with Crippen molar-refractivity contribution in [2.45, 2.75) is 12.1 Å². The van der Waals surface area contributed by atoms with Crippen LogP contribution in [-0.4, -0.2) is 29.0 Å². The molecule has 0 saturated carbocycles. The van der Waals surface area contributed by atoms with Crippen molar-refractivity contribution in [3.05, 3.63) is 54.1 Å². The van der Waals surface area contributed by atoms with Crippen LogP contribution in [0.3, 0.4) is 0 Å². The second-order valence-electron chi connectivity index (χ2n) is 5.18. The summed E-state index contributed by atoms with van der Waals surface area (Å²) in [6.07, 6.45) is 0. The van der Waals surface area contributed by atoms with Crippen molar-refractivity contribution in [1.82, 2.24) is 10.2 Å². The first-order valence-corrected chi connectivity index (χ1v) is 8.50. The minimum Gasteiger partial charge on any atom is -0.497 e. The topological polar surface area (TPSA) is 74.5 Å². The van der Waals surface area contributed by atoms with Crippen molar-refractivity contribution < 1.29 is 18.7 Å². The summed E-state index contributed by atoms with van der Waals surface area (Å²) in [5.74, 6) is 1.25. The van der Waals surface area contributed by atoms with Crippen molar-refractivity contribution in [3.8, 4) is 23.0 Å². The number of esters is 1. The van der Waals surface area contributed by atoms with Crippen LogP contribution >= 0.6 is 11.8 Å². The van der Waals surface area contributed by atoms with E-state index in [4.69, 9.17) is 13.9 Å². The van der Waals surface area contributed by atoms with Crippen LogP contribution < -0.4 is 9.47 Å². The standard InChI is InChI=1S/C18H16N2O4S/c1-12-4-3-5-13(10-12)17-19-20-18(24-17)25-11-16(21)23-15-8-6-14(22-2)7-9-15/h3-10H,11H2,1-2H3. The molecule has 3 aromatic rings. The van der Waals surface area contributed by atoms with Crippen molar-refractivity contribution in [2.75, 3.05) is 12.9 Å². The quantitative estimate of drug-likeness (QED) is 0.378. The van der Waals surface area contributed by atoms with Gasteiger partial charge in [-0.15, -0.1) is 10.2 Å². The maximum Gasteiger partial charge on any atom is 0.321 e. The number of methoxy groups -OCH3 is 1. The zero-order chi connectivity index (χ0) is 17.6. The van der Waals surface area contributed by atoms with E-state index >= 15 is 0 Å². The van der Waals surface area contributed by atoms with Gasteiger partial charge in [0, 0.05) is 5.56 Å². The Bertz CT molecular complexity index is 862. The lowest BCUT2D eigenvalue weighted by Gasteiger charge is -2.04. The minimum absolute atomic E-state index is 0.0709. The minimum atomic E-state index is -0.398.